The molecule has 0 bridgehead atoms. The van der Waals surface area contributed by atoms with Crippen molar-refractivity contribution < 1.29 is 22.4 Å². The maximum atomic E-state index is 5.17. The number of nitrogens with zero attached hydrogens (tertiary/aromatic N) is 4. The van der Waals surface area contributed by atoms with Crippen LogP contribution in [0.25, 0.3) is 0 Å². The van der Waals surface area contributed by atoms with Crippen molar-refractivity contribution >= 4 is 48.5 Å². The van der Waals surface area contributed by atoms with Gasteiger partial charge < -0.3 is 40.0 Å². The summed E-state index contributed by atoms with van der Waals surface area (Å²) >= 11 is 10.3. The van der Waals surface area contributed by atoms with E-state index in [1.54, 1.807) is 0 Å². The normalized spacial score (nSPS) is 15.2. The van der Waals surface area contributed by atoms with E-state index in [0.717, 1.165) is 37.4 Å². The molecule has 1 radical (unpaired) electrons. The SMILES string of the molecule is CN(C)c1ccc(N=Cc2ccc(N3CCN(C([S-])[S-])CC3)cc2)cc1.[Au]. The van der Waals surface area contributed by atoms with E-state index in [0.29, 0.717) is 0 Å². The molecule has 1 fully saturated rings. The van der Waals surface area contributed by atoms with Gasteiger partial charge in [0, 0.05) is 80.2 Å². The molecular formula is C20H24AuN4S2-2. The Morgan fingerprint density at radius 2 is 1.52 bits per heavy atom. The van der Waals surface area contributed by atoms with E-state index in [1.807, 2.05) is 32.4 Å². The Kier molecular flexibility index (Phi) is 8.79. The van der Waals surface area contributed by atoms with E-state index < -0.39 is 0 Å². The van der Waals surface area contributed by atoms with Gasteiger partial charge in [0.25, 0.3) is 0 Å². The second kappa shape index (κ2) is 10.6. The fourth-order valence-electron chi connectivity index (χ4n) is 2.95. The van der Waals surface area contributed by atoms with Gasteiger partial charge in [0.1, 0.15) is 0 Å². The van der Waals surface area contributed by atoms with Crippen LogP contribution in [0.5, 0.6) is 0 Å². The molecule has 0 spiro atoms. The van der Waals surface area contributed by atoms with Gasteiger partial charge in [-0.15, -0.1) is 0 Å². The largest absolute Gasteiger partial charge is 0.800 e. The van der Waals surface area contributed by atoms with Crippen molar-refractivity contribution in [3.05, 3.63) is 54.1 Å². The molecule has 1 aliphatic rings. The van der Waals surface area contributed by atoms with Crippen LogP contribution in [0.3, 0.4) is 0 Å². The Hall–Kier alpha value is -0.890. The second-order valence-electron chi connectivity index (χ2n) is 6.59. The van der Waals surface area contributed by atoms with Crippen LogP contribution < -0.4 is 9.80 Å². The summed E-state index contributed by atoms with van der Waals surface area (Å²) < 4.78 is -0.192. The standard InChI is InChI=1S/C20H26N4S2.Au/c1-22(2)18-9-5-17(6-10-18)21-15-16-3-7-19(8-4-16)23-11-13-24(14-12-23)20(25)26;/h3-10,15,20,25-26H,11-14H2,1-2H3;/p-2. The maximum Gasteiger partial charge on any atom is 0.0631 e. The molecule has 0 N–H and O–H groups in total. The van der Waals surface area contributed by atoms with Gasteiger partial charge in [-0.2, -0.15) is 0 Å². The van der Waals surface area contributed by atoms with Crippen LogP contribution in [-0.4, -0.2) is 56.1 Å². The Bertz CT molecular complexity index is 725. The number of rotatable bonds is 5. The molecule has 1 saturated heterocycles. The first-order chi connectivity index (χ1) is 12.5. The molecule has 2 aromatic carbocycles. The van der Waals surface area contributed by atoms with Crippen LogP contribution >= 0.6 is 0 Å². The average Bonchev–Trinajstić information content (AvgIpc) is 2.67. The predicted molar refractivity (Wildman–Crippen MR) is 117 cm³/mol. The van der Waals surface area contributed by atoms with Gasteiger partial charge in [-0.05, 0) is 42.0 Å². The van der Waals surface area contributed by atoms with E-state index >= 15 is 0 Å². The van der Waals surface area contributed by atoms with Crippen molar-refractivity contribution in [3.63, 3.8) is 0 Å². The number of aliphatic imine (C=N–C) groups is 1. The zero-order chi connectivity index (χ0) is 18.5. The molecule has 0 aliphatic carbocycles. The summed E-state index contributed by atoms with van der Waals surface area (Å²) in [4.78, 5) is 11.2. The number of piperazine rings is 1. The third-order valence-electron chi connectivity index (χ3n) is 4.60. The first kappa shape index (κ1) is 22.4. The molecule has 1 heterocycles. The van der Waals surface area contributed by atoms with Gasteiger partial charge in [0.15, 0.2) is 0 Å². The minimum Gasteiger partial charge on any atom is -0.800 e. The Balaban J connectivity index is 0.00000261. The quantitative estimate of drug-likeness (QED) is 0.307. The Labute approximate surface area is 189 Å². The van der Waals surface area contributed by atoms with Gasteiger partial charge in [0.05, 0.1) is 5.69 Å². The van der Waals surface area contributed by atoms with Crippen LogP contribution in [0.1, 0.15) is 5.56 Å². The first-order valence-corrected chi connectivity index (χ1v) is 9.69. The minimum atomic E-state index is -0.192. The van der Waals surface area contributed by atoms with Crippen LogP contribution in [0.4, 0.5) is 17.1 Å². The number of anilines is 2. The van der Waals surface area contributed by atoms with Crippen molar-refractivity contribution in [2.75, 3.05) is 50.1 Å². The summed E-state index contributed by atoms with van der Waals surface area (Å²) in [5.74, 6) is 0. The summed E-state index contributed by atoms with van der Waals surface area (Å²) in [5.41, 5.74) is 4.47. The van der Waals surface area contributed by atoms with Crippen LogP contribution in [0, 0.1) is 0 Å². The van der Waals surface area contributed by atoms with Gasteiger partial charge in [-0.3, -0.25) is 4.99 Å². The summed E-state index contributed by atoms with van der Waals surface area (Å²) in [5, 5.41) is 0. The molecule has 0 aromatic heterocycles. The molecule has 1 aliphatic heterocycles. The van der Waals surface area contributed by atoms with Crippen molar-refractivity contribution in [2.24, 2.45) is 4.99 Å². The molecule has 0 amide bonds. The van der Waals surface area contributed by atoms with E-state index in [4.69, 9.17) is 25.3 Å². The van der Waals surface area contributed by atoms with Gasteiger partial charge in [0.2, 0.25) is 0 Å². The number of hydrogen-bond donors (Lipinski definition) is 0. The molecule has 0 unspecified atom stereocenters. The van der Waals surface area contributed by atoms with Crippen LogP contribution in [-0.2, 0) is 47.6 Å². The van der Waals surface area contributed by atoms with Gasteiger partial charge in [-0.1, -0.05) is 12.1 Å². The third-order valence-corrected chi connectivity index (χ3v) is 5.20. The first-order valence-electron chi connectivity index (χ1n) is 8.75. The van der Waals surface area contributed by atoms with Crippen molar-refractivity contribution in [2.45, 2.75) is 4.71 Å². The van der Waals surface area contributed by atoms with Gasteiger partial charge >= 0.3 is 0 Å². The number of benzene rings is 2. The van der Waals surface area contributed by atoms with E-state index in [2.05, 4.69) is 56.1 Å². The zero-order valence-corrected chi connectivity index (χ0v) is 19.3. The maximum absolute atomic E-state index is 5.17. The van der Waals surface area contributed by atoms with Crippen molar-refractivity contribution in [1.82, 2.24) is 4.90 Å². The minimum absolute atomic E-state index is 0. The second-order valence-corrected chi connectivity index (χ2v) is 7.78. The van der Waals surface area contributed by atoms with Gasteiger partial charge in [-0.25, -0.2) is 4.71 Å². The molecule has 2 aromatic rings. The van der Waals surface area contributed by atoms with Crippen LogP contribution in [0.2, 0.25) is 0 Å². The Morgan fingerprint density at radius 1 is 0.926 bits per heavy atom. The van der Waals surface area contributed by atoms with E-state index in [1.165, 1.54) is 11.4 Å². The van der Waals surface area contributed by atoms with Crippen molar-refractivity contribution in [1.29, 1.82) is 0 Å². The van der Waals surface area contributed by atoms with Crippen LogP contribution in [0.15, 0.2) is 53.5 Å². The summed E-state index contributed by atoms with van der Waals surface area (Å²) in [6.45, 7) is 3.80. The van der Waals surface area contributed by atoms with E-state index in [9.17, 15) is 0 Å². The molecule has 7 heteroatoms. The zero-order valence-electron chi connectivity index (χ0n) is 15.5. The molecule has 0 atom stereocenters. The third kappa shape index (κ3) is 6.31. The summed E-state index contributed by atoms with van der Waals surface area (Å²) in [6.07, 6.45) is 1.91. The number of hydrogen-bond acceptors (Lipinski definition) is 6. The molecule has 0 saturated carbocycles. The Morgan fingerprint density at radius 3 is 2.04 bits per heavy atom. The summed E-state index contributed by atoms with van der Waals surface area (Å²) in [6, 6.07) is 16.8. The molecule has 149 valence electrons. The molecule has 4 nitrogen and oxygen atoms in total. The smallest absolute Gasteiger partial charge is 0.0631 e. The van der Waals surface area contributed by atoms with E-state index in [-0.39, 0.29) is 27.1 Å². The summed E-state index contributed by atoms with van der Waals surface area (Å²) in [7, 11) is 4.07. The fraction of sp³-hybridized carbons (Fsp3) is 0.350. The average molecular weight is 582 g/mol. The predicted octanol–water partition coefficient (Wildman–Crippen LogP) is 3.00. The topological polar surface area (TPSA) is 22.1 Å². The monoisotopic (exact) mass is 581 g/mol. The molecule has 3 rings (SSSR count). The molecular weight excluding hydrogens is 557 g/mol. The van der Waals surface area contributed by atoms with Crippen molar-refractivity contribution in [3.8, 4) is 0 Å². The molecule has 27 heavy (non-hydrogen) atoms. The fourth-order valence-corrected chi connectivity index (χ4v) is 3.37.